The first-order valence-corrected chi connectivity index (χ1v) is 8.35. The highest BCUT2D eigenvalue weighted by Gasteiger charge is 2.36. The zero-order chi connectivity index (χ0) is 18.3. The summed E-state index contributed by atoms with van der Waals surface area (Å²) < 4.78 is 0. The number of nitrogens with one attached hydrogen (secondary N) is 2. The van der Waals surface area contributed by atoms with Crippen LogP contribution in [0.25, 0.3) is 0 Å². The third kappa shape index (κ3) is 2.77. The predicted octanol–water partition coefficient (Wildman–Crippen LogP) is 2.66. The summed E-state index contributed by atoms with van der Waals surface area (Å²) in [6, 6.07) is 12.2. The summed E-state index contributed by atoms with van der Waals surface area (Å²) in [5, 5.41) is 14.4. The van der Waals surface area contributed by atoms with Crippen LogP contribution in [0.4, 0.5) is 16.2 Å². The third-order valence-electron chi connectivity index (χ3n) is 4.77. The van der Waals surface area contributed by atoms with E-state index >= 15 is 0 Å². The van der Waals surface area contributed by atoms with E-state index < -0.39 is 6.09 Å². The van der Waals surface area contributed by atoms with Gasteiger partial charge >= 0.3 is 6.09 Å². The van der Waals surface area contributed by atoms with Crippen LogP contribution in [0.1, 0.15) is 26.3 Å². The van der Waals surface area contributed by atoms with Crippen molar-refractivity contribution < 1.29 is 19.5 Å². The van der Waals surface area contributed by atoms with Crippen molar-refractivity contribution in [2.24, 2.45) is 5.92 Å². The minimum atomic E-state index is -1.11. The topological polar surface area (TPSA) is 98.7 Å². The van der Waals surface area contributed by atoms with Crippen LogP contribution >= 0.6 is 0 Å². The van der Waals surface area contributed by atoms with E-state index in [1.54, 1.807) is 36.4 Å². The van der Waals surface area contributed by atoms with Gasteiger partial charge in [0.1, 0.15) is 0 Å². The lowest BCUT2D eigenvalue weighted by atomic mass is 9.93. The number of rotatable bonds is 3. The predicted molar refractivity (Wildman–Crippen MR) is 95.6 cm³/mol. The lowest BCUT2D eigenvalue weighted by Gasteiger charge is -2.29. The summed E-state index contributed by atoms with van der Waals surface area (Å²) >= 11 is 0. The first-order valence-electron chi connectivity index (χ1n) is 8.35. The zero-order valence-electron chi connectivity index (χ0n) is 13.9. The van der Waals surface area contributed by atoms with Crippen LogP contribution in [0.3, 0.4) is 0 Å². The molecule has 0 saturated carbocycles. The van der Waals surface area contributed by atoms with Crippen LogP contribution in [0.2, 0.25) is 0 Å². The summed E-state index contributed by atoms with van der Waals surface area (Å²) in [4.78, 5) is 37.0. The smallest absolute Gasteiger partial charge is 0.409 e. The highest BCUT2D eigenvalue weighted by molar-refractivity contribution is 6.21. The first-order chi connectivity index (χ1) is 12.5. The van der Waals surface area contributed by atoms with Crippen molar-refractivity contribution in [1.29, 1.82) is 0 Å². The maximum absolute atomic E-state index is 12.5. The van der Waals surface area contributed by atoms with Gasteiger partial charge in [0.25, 0.3) is 11.8 Å². The molecule has 3 N–H and O–H groups in total. The average molecular weight is 351 g/mol. The van der Waals surface area contributed by atoms with Gasteiger partial charge in [-0.1, -0.05) is 18.2 Å². The first kappa shape index (κ1) is 16.1. The monoisotopic (exact) mass is 351 g/mol. The Morgan fingerprint density at radius 2 is 1.85 bits per heavy atom. The van der Waals surface area contributed by atoms with Crippen LogP contribution in [-0.2, 0) is 6.42 Å². The van der Waals surface area contributed by atoms with E-state index in [0.717, 1.165) is 11.3 Å². The van der Waals surface area contributed by atoms with E-state index in [4.69, 9.17) is 5.11 Å². The van der Waals surface area contributed by atoms with Gasteiger partial charge in [0.05, 0.1) is 11.1 Å². The molecular weight excluding hydrogens is 334 g/mol. The standard InChI is InChI=1S/C19H17N3O4/c23-17-14-3-1-2-4-15(14)18(24)22(17)10-11-7-12-5-6-13(21-19(25)26)8-16(12)20-9-11/h1-6,8,11,20-21H,7,9-10H2,(H,25,26). The molecule has 0 fully saturated rings. The van der Waals surface area contributed by atoms with Crippen LogP contribution in [0, 0.1) is 5.92 Å². The normalized spacial score (nSPS) is 18.2. The Balaban J connectivity index is 1.48. The van der Waals surface area contributed by atoms with Crippen molar-refractivity contribution >= 4 is 29.3 Å². The molecule has 7 heteroatoms. The van der Waals surface area contributed by atoms with Crippen LogP contribution in [-0.4, -0.2) is 41.0 Å². The molecule has 26 heavy (non-hydrogen) atoms. The molecule has 3 amide bonds. The molecule has 1 unspecified atom stereocenters. The second-order valence-electron chi connectivity index (χ2n) is 6.52. The minimum Gasteiger partial charge on any atom is -0.465 e. The van der Waals surface area contributed by atoms with E-state index in [0.29, 0.717) is 36.3 Å². The summed E-state index contributed by atoms with van der Waals surface area (Å²) in [7, 11) is 0. The van der Waals surface area contributed by atoms with Crippen molar-refractivity contribution in [2.75, 3.05) is 23.7 Å². The fourth-order valence-corrected chi connectivity index (χ4v) is 3.55. The van der Waals surface area contributed by atoms with Gasteiger partial charge in [-0.15, -0.1) is 0 Å². The molecule has 4 rings (SSSR count). The number of hydrogen-bond donors (Lipinski definition) is 3. The van der Waals surface area contributed by atoms with Crippen LogP contribution in [0.5, 0.6) is 0 Å². The van der Waals surface area contributed by atoms with Crippen LogP contribution in [0.15, 0.2) is 42.5 Å². The Morgan fingerprint density at radius 3 is 2.50 bits per heavy atom. The molecule has 2 aliphatic rings. The van der Waals surface area contributed by atoms with E-state index in [-0.39, 0.29) is 17.7 Å². The van der Waals surface area contributed by atoms with Gasteiger partial charge in [0.2, 0.25) is 0 Å². The zero-order valence-corrected chi connectivity index (χ0v) is 13.9. The number of carbonyl (C=O) groups excluding carboxylic acids is 2. The molecule has 2 aromatic rings. The quantitative estimate of drug-likeness (QED) is 0.739. The Bertz CT molecular complexity index is 890. The number of amides is 3. The fourth-order valence-electron chi connectivity index (χ4n) is 3.55. The SMILES string of the molecule is O=C(O)Nc1ccc2c(c1)NCC(CN1C(=O)c3ccccc3C1=O)C2. The molecule has 0 aromatic heterocycles. The van der Waals surface area contributed by atoms with E-state index in [1.165, 1.54) is 4.90 Å². The largest absolute Gasteiger partial charge is 0.465 e. The number of imide groups is 1. The second kappa shape index (κ2) is 6.18. The number of hydrogen-bond acceptors (Lipinski definition) is 4. The third-order valence-corrected chi connectivity index (χ3v) is 4.77. The average Bonchev–Trinajstić information content (AvgIpc) is 2.87. The second-order valence-corrected chi connectivity index (χ2v) is 6.52. The Hall–Kier alpha value is -3.35. The maximum atomic E-state index is 12.5. The molecule has 2 aliphatic heterocycles. The van der Waals surface area contributed by atoms with Crippen molar-refractivity contribution in [1.82, 2.24) is 4.90 Å². The molecular formula is C19H17N3O4. The van der Waals surface area contributed by atoms with E-state index in [1.807, 2.05) is 6.07 Å². The van der Waals surface area contributed by atoms with Gasteiger partial charge in [-0.2, -0.15) is 0 Å². The molecule has 0 saturated heterocycles. The molecule has 2 aromatic carbocycles. The number of anilines is 2. The van der Waals surface area contributed by atoms with E-state index in [9.17, 15) is 14.4 Å². The van der Waals surface area contributed by atoms with Gasteiger partial charge in [-0.05, 0) is 42.2 Å². The Labute approximate surface area is 149 Å². The number of benzene rings is 2. The summed E-state index contributed by atoms with van der Waals surface area (Å²) in [6.45, 7) is 0.963. The molecule has 2 heterocycles. The molecule has 0 bridgehead atoms. The number of fused-ring (bicyclic) bond motifs is 2. The van der Waals surface area contributed by atoms with Gasteiger partial charge in [-0.3, -0.25) is 19.8 Å². The number of carbonyl (C=O) groups is 3. The minimum absolute atomic E-state index is 0.1000. The molecule has 0 aliphatic carbocycles. The maximum Gasteiger partial charge on any atom is 0.409 e. The van der Waals surface area contributed by atoms with Crippen molar-refractivity contribution in [3.63, 3.8) is 0 Å². The summed E-state index contributed by atoms with van der Waals surface area (Å²) in [5.41, 5.74) is 3.34. The van der Waals surface area contributed by atoms with Crippen molar-refractivity contribution in [3.05, 3.63) is 59.2 Å². The van der Waals surface area contributed by atoms with Gasteiger partial charge in [-0.25, -0.2) is 4.79 Å². The Kier molecular flexibility index (Phi) is 3.84. The fraction of sp³-hybridized carbons (Fsp3) is 0.211. The lowest BCUT2D eigenvalue weighted by Crippen LogP contribution is -2.39. The van der Waals surface area contributed by atoms with Gasteiger partial charge in [0, 0.05) is 24.5 Å². The van der Waals surface area contributed by atoms with Crippen molar-refractivity contribution in [3.8, 4) is 0 Å². The molecule has 7 nitrogen and oxygen atoms in total. The molecule has 0 radical (unpaired) electrons. The van der Waals surface area contributed by atoms with Gasteiger partial charge < -0.3 is 10.4 Å². The highest BCUT2D eigenvalue weighted by atomic mass is 16.4. The van der Waals surface area contributed by atoms with E-state index in [2.05, 4.69) is 10.6 Å². The molecule has 0 spiro atoms. The van der Waals surface area contributed by atoms with Crippen LogP contribution < -0.4 is 10.6 Å². The summed E-state index contributed by atoms with van der Waals surface area (Å²) in [6.07, 6.45) is -0.396. The molecule has 1 atom stereocenters. The Morgan fingerprint density at radius 1 is 1.15 bits per heavy atom. The molecule has 132 valence electrons. The van der Waals surface area contributed by atoms with Gasteiger partial charge in [0.15, 0.2) is 0 Å². The van der Waals surface area contributed by atoms with Crippen molar-refractivity contribution in [2.45, 2.75) is 6.42 Å². The lowest BCUT2D eigenvalue weighted by molar-refractivity contribution is 0.0630. The number of carboxylic acid groups (broad SMARTS) is 1. The highest BCUT2D eigenvalue weighted by Crippen LogP contribution is 2.30. The summed E-state index contributed by atoms with van der Waals surface area (Å²) in [5.74, 6) is -0.377. The number of nitrogens with zero attached hydrogens (tertiary/aromatic N) is 1.